The number of hydrogen-bond donors (Lipinski definition) is 1. The van der Waals surface area contributed by atoms with Gasteiger partial charge in [0.25, 0.3) is 5.91 Å². The van der Waals surface area contributed by atoms with Crippen molar-refractivity contribution in [1.82, 2.24) is 0 Å². The predicted octanol–water partition coefficient (Wildman–Crippen LogP) is 3.45. The molecular formula is C18H15BrClNO6. The van der Waals surface area contributed by atoms with Gasteiger partial charge >= 0.3 is 11.9 Å². The molecule has 1 amide bonds. The normalized spacial score (nSPS) is 10.0. The molecule has 9 heteroatoms. The average molecular weight is 457 g/mol. The molecular weight excluding hydrogens is 442 g/mol. The third-order valence-corrected chi connectivity index (χ3v) is 4.05. The van der Waals surface area contributed by atoms with E-state index in [9.17, 15) is 14.4 Å². The van der Waals surface area contributed by atoms with Crippen LogP contribution in [0.4, 0.5) is 5.69 Å². The van der Waals surface area contributed by atoms with E-state index in [4.69, 9.17) is 21.1 Å². The van der Waals surface area contributed by atoms with Gasteiger partial charge in [0.1, 0.15) is 5.75 Å². The van der Waals surface area contributed by atoms with Gasteiger partial charge in [-0.15, -0.1) is 0 Å². The molecule has 0 spiro atoms. The third kappa shape index (κ3) is 6.58. The van der Waals surface area contributed by atoms with E-state index >= 15 is 0 Å². The Morgan fingerprint density at radius 3 is 2.41 bits per heavy atom. The van der Waals surface area contributed by atoms with E-state index in [2.05, 4.69) is 26.0 Å². The molecule has 0 saturated carbocycles. The van der Waals surface area contributed by atoms with Crippen LogP contribution in [-0.2, 0) is 19.1 Å². The van der Waals surface area contributed by atoms with Crippen LogP contribution in [0.1, 0.15) is 10.4 Å². The number of nitrogens with one attached hydrogen (secondary N) is 1. The zero-order chi connectivity index (χ0) is 19.8. The first kappa shape index (κ1) is 20.7. The summed E-state index contributed by atoms with van der Waals surface area (Å²) in [6.45, 7) is -0.829. The highest BCUT2D eigenvalue weighted by atomic mass is 79.9. The lowest BCUT2D eigenvalue weighted by atomic mass is 10.2. The molecule has 2 rings (SSSR count). The van der Waals surface area contributed by atoms with Crippen LogP contribution in [0.3, 0.4) is 0 Å². The smallest absolute Gasteiger partial charge is 0.344 e. The van der Waals surface area contributed by atoms with E-state index in [1.807, 2.05) is 0 Å². The SMILES string of the molecule is COC(=O)c1ccc(NC(=O)COC(=O)COc2ccc(Cl)cc2Br)cc1. The molecule has 2 aromatic rings. The zero-order valence-electron chi connectivity index (χ0n) is 14.2. The molecule has 0 atom stereocenters. The Kier molecular flexibility index (Phi) is 7.63. The molecule has 27 heavy (non-hydrogen) atoms. The molecule has 0 unspecified atom stereocenters. The Hall–Kier alpha value is -2.58. The van der Waals surface area contributed by atoms with E-state index < -0.39 is 24.5 Å². The maximum absolute atomic E-state index is 11.8. The summed E-state index contributed by atoms with van der Waals surface area (Å²) in [7, 11) is 1.28. The highest BCUT2D eigenvalue weighted by molar-refractivity contribution is 9.10. The lowest BCUT2D eigenvalue weighted by Crippen LogP contribution is -2.23. The van der Waals surface area contributed by atoms with Gasteiger partial charge < -0.3 is 19.5 Å². The highest BCUT2D eigenvalue weighted by Crippen LogP contribution is 2.27. The second-order valence-corrected chi connectivity index (χ2v) is 6.43. The molecule has 0 aliphatic heterocycles. The molecule has 0 radical (unpaired) electrons. The Morgan fingerprint density at radius 1 is 1.07 bits per heavy atom. The fraction of sp³-hybridized carbons (Fsp3) is 0.167. The van der Waals surface area contributed by atoms with Gasteiger partial charge in [-0.25, -0.2) is 9.59 Å². The van der Waals surface area contributed by atoms with Crippen LogP contribution in [0.15, 0.2) is 46.9 Å². The van der Waals surface area contributed by atoms with Gasteiger partial charge in [-0.3, -0.25) is 4.79 Å². The van der Waals surface area contributed by atoms with Crippen molar-refractivity contribution in [2.24, 2.45) is 0 Å². The molecule has 1 N–H and O–H groups in total. The van der Waals surface area contributed by atoms with Gasteiger partial charge in [0.2, 0.25) is 0 Å². The summed E-state index contributed by atoms with van der Waals surface area (Å²) >= 11 is 9.08. The monoisotopic (exact) mass is 455 g/mol. The summed E-state index contributed by atoms with van der Waals surface area (Å²) in [5.74, 6) is -1.28. The molecule has 142 valence electrons. The van der Waals surface area contributed by atoms with Crippen molar-refractivity contribution in [3.8, 4) is 5.75 Å². The van der Waals surface area contributed by atoms with E-state index in [1.54, 1.807) is 18.2 Å². The largest absolute Gasteiger partial charge is 0.481 e. The summed E-state index contributed by atoms with van der Waals surface area (Å²) in [6.07, 6.45) is 0. The Labute approximate surface area is 168 Å². The number of halogens is 2. The lowest BCUT2D eigenvalue weighted by Gasteiger charge is -2.09. The number of amides is 1. The van der Waals surface area contributed by atoms with Crippen molar-refractivity contribution in [2.45, 2.75) is 0 Å². The number of hydrogen-bond acceptors (Lipinski definition) is 6. The van der Waals surface area contributed by atoms with Crippen LogP contribution in [0.2, 0.25) is 5.02 Å². The fourth-order valence-corrected chi connectivity index (χ4v) is 2.72. The van der Waals surface area contributed by atoms with E-state index in [1.165, 1.54) is 31.4 Å². The van der Waals surface area contributed by atoms with Gasteiger partial charge in [-0.05, 0) is 58.4 Å². The van der Waals surface area contributed by atoms with Gasteiger partial charge in [0.15, 0.2) is 13.2 Å². The van der Waals surface area contributed by atoms with Crippen molar-refractivity contribution >= 4 is 51.1 Å². The summed E-state index contributed by atoms with van der Waals surface area (Å²) in [5.41, 5.74) is 0.803. The quantitative estimate of drug-likeness (QED) is 0.642. The van der Waals surface area contributed by atoms with E-state index in [0.717, 1.165) is 0 Å². The first-order chi connectivity index (χ1) is 12.9. The molecule has 0 saturated heterocycles. The van der Waals surface area contributed by atoms with E-state index in [0.29, 0.717) is 26.5 Å². The Balaban J connectivity index is 1.76. The molecule has 7 nitrogen and oxygen atoms in total. The molecule has 2 aromatic carbocycles. The Bertz CT molecular complexity index is 840. The number of benzene rings is 2. The van der Waals surface area contributed by atoms with Crippen LogP contribution >= 0.6 is 27.5 Å². The van der Waals surface area contributed by atoms with Crippen molar-refractivity contribution in [3.63, 3.8) is 0 Å². The second-order valence-electron chi connectivity index (χ2n) is 5.14. The minimum atomic E-state index is -0.701. The van der Waals surface area contributed by atoms with Crippen LogP contribution in [-0.4, -0.2) is 38.2 Å². The topological polar surface area (TPSA) is 90.9 Å². The maximum Gasteiger partial charge on any atom is 0.344 e. The Morgan fingerprint density at radius 2 is 1.78 bits per heavy atom. The number of anilines is 1. The first-order valence-corrected chi connectivity index (χ1v) is 8.78. The minimum Gasteiger partial charge on any atom is -0.481 e. The predicted molar refractivity (Wildman–Crippen MR) is 102 cm³/mol. The number of rotatable bonds is 7. The molecule has 0 aliphatic carbocycles. The van der Waals surface area contributed by atoms with Crippen molar-refractivity contribution < 1.29 is 28.6 Å². The second kappa shape index (κ2) is 9.94. The van der Waals surface area contributed by atoms with Crippen LogP contribution in [0, 0.1) is 0 Å². The van der Waals surface area contributed by atoms with Gasteiger partial charge in [-0.1, -0.05) is 11.6 Å². The maximum atomic E-state index is 11.8. The van der Waals surface area contributed by atoms with E-state index in [-0.39, 0.29) is 6.61 Å². The molecule has 0 aliphatic rings. The highest BCUT2D eigenvalue weighted by Gasteiger charge is 2.11. The minimum absolute atomic E-state index is 0.354. The first-order valence-electron chi connectivity index (χ1n) is 7.60. The third-order valence-electron chi connectivity index (χ3n) is 3.19. The fourth-order valence-electron chi connectivity index (χ4n) is 1.92. The van der Waals surface area contributed by atoms with Crippen LogP contribution < -0.4 is 10.1 Å². The number of esters is 2. The number of ether oxygens (including phenoxy) is 3. The van der Waals surface area contributed by atoms with Gasteiger partial charge in [0.05, 0.1) is 17.1 Å². The zero-order valence-corrected chi connectivity index (χ0v) is 16.5. The summed E-state index contributed by atoms with van der Waals surface area (Å²) in [5, 5.41) is 3.06. The number of carbonyl (C=O) groups is 3. The molecule has 0 aromatic heterocycles. The van der Waals surface area contributed by atoms with Gasteiger partial charge in [0, 0.05) is 10.7 Å². The lowest BCUT2D eigenvalue weighted by molar-refractivity contribution is -0.149. The molecule has 0 fully saturated rings. The van der Waals surface area contributed by atoms with Crippen molar-refractivity contribution in [1.29, 1.82) is 0 Å². The van der Waals surface area contributed by atoms with Crippen LogP contribution in [0.5, 0.6) is 5.75 Å². The van der Waals surface area contributed by atoms with Crippen molar-refractivity contribution in [3.05, 3.63) is 57.5 Å². The number of methoxy groups -OCH3 is 1. The standard InChI is InChI=1S/C18H15BrClNO6/c1-25-18(24)11-2-5-13(6-3-11)21-16(22)9-27-17(23)10-26-15-7-4-12(20)8-14(15)19/h2-8H,9-10H2,1H3,(H,21,22). The summed E-state index contributed by atoms with van der Waals surface area (Å²) in [6, 6.07) is 10.9. The average Bonchev–Trinajstić information content (AvgIpc) is 2.65. The van der Waals surface area contributed by atoms with Crippen LogP contribution in [0.25, 0.3) is 0 Å². The summed E-state index contributed by atoms with van der Waals surface area (Å²) < 4.78 is 15.3. The van der Waals surface area contributed by atoms with Crippen molar-refractivity contribution in [2.75, 3.05) is 25.6 Å². The number of carbonyl (C=O) groups excluding carboxylic acids is 3. The summed E-state index contributed by atoms with van der Waals surface area (Å²) in [4.78, 5) is 34.8. The molecule has 0 bridgehead atoms. The molecule has 0 heterocycles. The van der Waals surface area contributed by atoms with Gasteiger partial charge in [-0.2, -0.15) is 0 Å².